The summed E-state index contributed by atoms with van der Waals surface area (Å²) >= 11 is 13.6. The van der Waals surface area contributed by atoms with Crippen LogP contribution in [0.4, 0.5) is 5.69 Å². The zero-order valence-electron chi connectivity index (χ0n) is 13.8. The second-order valence-electron chi connectivity index (χ2n) is 5.33. The molecule has 0 atom stereocenters. The normalized spacial score (nSPS) is 10.7. The largest absolute Gasteiger partial charge is 0.324 e. The van der Waals surface area contributed by atoms with Crippen LogP contribution in [0, 0.1) is 0 Å². The molecule has 1 aromatic heterocycles. The number of hydrogen-bond donors (Lipinski definition) is 1. The number of anilines is 1. The van der Waals surface area contributed by atoms with Gasteiger partial charge in [-0.25, -0.2) is 0 Å². The number of nitrogens with zero attached hydrogens (tertiary/aromatic N) is 4. The molecule has 3 rings (SSSR count). The number of amides is 1. The first-order chi connectivity index (χ1) is 12.6. The third-order valence-electron chi connectivity index (χ3n) is 3.57. The molecule has 0 spiro atoms. The Bertz CT molecular complexity index is 931. The van der Waals surface area contributed by atoms with Crippen molar-refractivity contribution in [1.82, 2.24) is 20.2 Å². The van der Waals surface area contributed by atoms with Gasteiger partial charge in [0.25, 0.3) is 0 Å². The summed E-state index contributed by atoms with van der Waals surface area (Å²) in [6.07, 6.45) is 0.888. The fourth-order valence-electron chi connectivity index (χ4n) is 2.24. The van der Waals surface area contributed by atoms with Gasteiger partial charge in [0.1, 0.15) is 0 Å². The molecule has 0 aliphatic carbocycles. The first kappa shape index (κ1) is 18.7. The van der Waals surface area contributed by atoms with Crippen LogP contribution in [0.5, 0.6) is 0 Å². The molecule has 26 heavy (non-hydrogen) atoms. The van der Waals surface area contributed by atoms with Crippen molar-refractivity contribution in [2.45, 2.75) is 18.5 Å². The Labute approximate surface area is 164 Å². The van der Waals surface area contributed by atoms with Crippen molar-refractivity contribution < 1.29 is 4.79 Å². The van der Waals surface area contributed by atoms with Crippen molar-refractivity contribution in [1.29, 1.82) is 0 Å². The van der Waals surface area contributed by atoms with E-state index in [9.17, 15) is 4.79 Å². The summed E-state index contributed by atoms with van der Waals surface area (Å²) in [6, 6.07) is 12.8. The maximum atomic E-state index is 12.2. The average molecular weight is 408 g/mol. The van der Waals surface area contributed by atoms with E-state index in [1.54, 1.807) is 24.3 Å². The molecule has 9 heteroatoms. The number of aryl methyl sites for hydroxylation is 1. The summed E-state index contributed by atoms with van der Waals surface area (Å²) < 4.78 is 1.52. The molecule has 1 N–H and O–H groups in total. The number of tetrazole rings is 1. The minimum absolute atomic E-state index is 0.135. The molecule has 0 fully saturated rings. The summed E-state index contributed by atoms with van der Waals surface area (Å²) in [5, 5.41) is 15.9. The quantitative estimate of drug-likeness (QED) is 0.617. The number of para-hydroxylation sites is 1. The van der Waals surface area contributed by atoms with Gasteiger partial charge in [0.15, 0.2) is 0 Å². The molecular formula is C17H15Cl2N5OS. The number of hydrogen-bond acceptors (Lipinski definition) is 5. The van der Waals surface area contributed by atoms with Gasteiger partial charge in [-0.1, -0.05) is 60.1 Å². The second-order valence-corrected chi connectivity index (χ2v) is 7.09. The van der Waals surface area contributed by atoms with E-state index in [4.69, 9.17) is 23.2 Å². The van der Waals surface area contributed by atoms with E-state index in [1.165, 1.54) is 16.4 Å². The molecule has 0 aliphatic rings. The topological polar surface area (TPSA) is 72.7 Å². The smallest absolute Gasteiger partial charge is 0.234 e. The monoisotopic (exact) mass is 407 g/mol. The Kier molecular flexibility index (Phi) is 6.13. The number of halogens is 2. The third kappa shape index (κ3) is 4.35. The maximum absolute atomic E-state index is 12.2. The summed E-state index contributed by atoms with van der Waals surface area (Å²) in [7, 11) is 0. The van der Waals surface area contributed by atoms with Gasteiger partial charge in [0.05, 0.1) is 27.2 Å². The van der Waals surface area contributed by atoms with Gasteiger partial charge in [-0.2, -0.15) is 4.68 Å². The fraction of sp³-hybridized carbons (Fsp3) is 0.176. The van der Waals surface area contributed by atoms with Crippen molar-refractivity contribution in [3.05, 3.63) is 58.1 Å². The lowest BCUT2D eigenvalue weighted by Gasteiger charge is -2.08. The van der Waals surface area contributed by atoms with Gasteiger partial charge in [-0.05, 0) is 46.7 Å². The molecule has 0 aliphatic heterocycles. The predicted octanol–water partition coefficient (Wildman–Crippen LogP) is 4.26. The molecule has 2 aromatic carbocycles. The van der Waals surface area contributed by atoms with Crippen LogP contribution in [0.1, 0.15) is 12.5 Å². The van der Waals surface area contributed by atoms with Crippen LogP contribution in [-0.2, 0) is 11.2 Å². The van der Waals surface area contributed by atoms with Crippen molar-refractivity contribution in [2.75, 3.05) is 11.1 Å². The second kappa shape index (κ2) is 8.53. The van der Waals surface area contributed by atoms with Crippen LogP contribution in [0.3, 0.4) is 0 Å². The van der Waals surface area contributed by atoms with E-state index in [1.807, 2.05) is 18.2 Å². The van der Waals surface area contributed by atoms with Crippen LogP contribution >= 0.6 is 35.0 Å². The molecule has 6 nitrogen and oxygen atoms in total. The number of thioether (sulfide) groups is 1. The summed E-state index contributed by atoms with van der Waals surface area (Å²) in [5.41, 5.74) is 2.36. The van der Waals surface area contributed by atoms with E-state index in [0.29, 0.717) is 26.6 Å². The van der Waals surface area contributed by atoms with Crippen LogP contribution < -0.4 is 5.32 Å². The summed E-state index contributed by atoms with van der Waals surface area (Å²) in [5.74, 6) is -0.0685. The molecule has 0 radical (unpaired) electrons. The Morgan fingerprint density at radius 1 is 1.19 bits per heavy atom. The van der Waals surface area contributed by atoms with Crippen LogP contribution in [0.25, 0.3) is 5.69 Å². The first-order valence-corrected chi connectivity index (χ1v) is 9.57. The maximum Gasteiger partial charge on any atom is 0.234 e. The van der Waals surface area contributed by atoms with Gasteiger partial charge in [0.2, 0.25) is 11.1 Å². The van der Waals surface area contributed by atoms with E-state index in [0.717, 1.165) is 12.0 Å². The molecule has 1 amide bonds. The Morgan fingerprint density at radius 3 is 2.73 bits per heavy atom. The first-order valence-electron chi connectivity index (χ1n) is 7.83. The van der Waals surface area contributed by atoms with Gasteiger partial charge in [-0.3, -0.25) is 4.79 Å². The third-order valence-corrected chi connectivity index (χ3v) is 5.12. The van der Waals surface area contributed by atoms with Crippen LogP contribution in [0.2, 0.25) is 10.0 Å². The lowest BCUT2D eigenvalue weighted by atomic mass is 10.1. The number of carbonyl (C=O) groups is 1. The predicted molar refractivity (Wildman–Crippen MR) is 104 cm³/mol. The zero-order valence-corrected chi connectivity index (χ0v) is 16.1. The Morgan fingerprint density at radius 2 is 2.00 bits per heavy atom. The molecule has 0 unspecified atom stereocenters. The fourth-order valence-corrected chi connectivity index (χ4v) is 3.39. The molecular weight excluding hydrogens is 393 g/mol. The van der Waals surface area contributed by atoms with Crippen LogP contribution in [0.15, 0.2) is 47.6 Å². The summed E-state index contributed by atoms with van der Waals surface area (Å²) in [4.78, 5) is 12.2. The van der Waals surface area contributed by atoms with E-state index in [-0.39, 0.29) is 11.7 Å². The molecule has 0 saturated heterocycles. The number of aromatic nitrogens is 4. The highest BCUT2D eigenvalue weighted by Crippen LogP contribution is 2.26. The number of rotatable bonds is 6. The van der Waals surface area contributed by atoms with Crippen LogP contribution in [-0.4, -0.2) is 31.9 Å². The van der Waals surface area contributed by atoms with E-state index >= 15 is 0 Å². The van der Waals surface area contributed by atoms with Gasteiger partial charge >= 0.3 is 0 Å². The highest BCUT2D eigenvalue weighted by molar-refractivity contribution is 7.99. The number of benzene rings is 2. The number of carbonyl (C=O) groups excluding carboxylic acids is 1. The van der Waals surface area contributed by atoms with E-state index < -0.39 is 0 Å². The SMILES string of the molecule is CCc1ccc(-n2nnnc2SCC(=O)Nc2ccccc2Cl)c(Cl)c1. The van der Waals surface area contributed by atoms with Crippen molar-refractivity contribution in [3.8, 4) is 5.69 Å². The number of nitrogens with one attached hydrogen (secondary N) is 1. The van der Waals surface area contributed by atoms with Gasteiger partial charge < -0.3 is 5.32 Å². The standard InChI is InChI=1S/C17H15Cl2N5OS/c1-2-11-7-8-15(13(19)9-11)24-17(21-22-23-24)26-10-16(25)20-14-6-4-3-5-12(14)18/h3-9H,2,10H2,1H3,(H,20,25). The highest BCUT2D eigenvalue weighted by Gasteiger charge is 2.14. The Hall–Kier alpha value is -2.09. The molecule has 0 saturated carbocycles. The van der Waals surface area contributed by atoms with Crippen molar-refractivity contribution in [3.63, 3.8) is 0 Å². The Balaban J connectivity index is 1.70. The van der Waals surface area contributed by atoms with Crippen molar-refractivity contribution >= 4 is 46.6 Å². The lowest BCUT2D eigenvalue weighted by molar-refractivity contribution is -0.113. The van der Waals surface area contributed by atoms with Gasteiger partial charge in [0, 0.05) is 0 Å². The van der Waals surface area contributed by atoms with E-state index in [2.05, 4.69) is 27.8 Å². The lowest BCUT2D eigenvalue weighted by Crippen LogP contribution is -2.15. The minimum Gasteiger partial charge on any atom is -0.324 e. The minimum atomic E-state index is -0.204. The molecule has 134 valence electrons. The highest BCUT2D eigenvalue weighted by atomic mass is 35.5. The molecule has 1 heterocycles. The van der Waals surface area contributed by atoms with Gasteiger partial charge in [-0.15, -0.1) is 5.10 Å². The summed E-state index contributed by atoms with van der Waals surface area (Å²) in [6.45, 7) is 2.06. The zero-order chi connectivity index (χ0) is 18.5. The molecule has 0 bridgehead atoms. The average Bonchev–Trinajstić information content (AvgIpc) is 3.10. The van der Waals surface area contributed by atoms with Crippen molar-refractivity contribution in [2.24, 2.45) is 0 Å². The molecule has 3 aromatic rings.